The van der Waals surface area contributed by atoms with Crippen LogP contribution in [-0.4, -0.2) is 20.7 Å². The van der Waals surface area contributed by atoms with Crippen LogP contribution in [0, 0.1) is 0 Å². The highest BCUT2D eigenvalue weighted by molar-refractivity contribution is 6.33. The SMILES string of the molecule is FC(F)(F)CCCn1ccc2ncnc(Cl)c21. The second kappa shape index (κ2) is 4.52. The van der Waals surface area contributed by atoms with Crippen LogP contribution in [0.4, 0.5) is 13.2 Å². The summed E-state index contributed by atoms with van der Waals surface area (Å²) >= 11 is 5.88. The van der Waals surface area contributed by atoms with Gasteiger partial charge >= 0.3 is 6.18 Å². The quantitative estimate of drug-likeness (QED) is 0.795. The van der Waals surface area contributed by atoms with Gasteiger partial charge in [0.05, 0.1) is 5.52 Å². The summed E-state index contributed by atoms with van der Waals surface area (Å²) < 4.78 is 37.7. The molecule has 0 aromatic carbocycles. The van der Waals surface area contributed by atoms with E-state index in [9.17, 15) is 13.2 Å². The highest BCUT2D eigenvalue weighted by Crippen LogP contribution is 2.24. The summed E-state index contributed by atoms with van der Waals surface area (Å²) in [4.78, 5) is 7.79. The van der Waals surface area contributed by atoms with Gasteiger partial charge in [0.25, 0.3) is 0 Å². The summed E-state index contributed by atoms with van der Waals surface area (Å²) in [6.07, 6.45) is -1.92. The van der Waals surface area contributed by atoms with Gasteiger partial charge in [0.1, 0.15) is 11.8 Å². The molecule has 0 aliphatic rings. The lowest BCUT2D eigenvalue weighted by molar-refractivity contribution is -0.135. The Bertz CT molecular complexity index is 521. The second-order valence-electron chi connectivity index (χ2n) is 3.63. The predicted molar refractivity (Wildman–Crippen MR) is 57.8 cm³/mol. The molecule has 3 nitrogen and oxygen atoms in total. The molecule has 0 aliphatic carbocycles. The van der Waals surface area contributed by atoms with Gasteiger partial charge < -0.3 is 4.57 Å². The van der Waals surface area contributed by atoms with Crippen molar-refractivity contribution in [1.82, 2.24) is 14.5 Å². The Morgan fingerprint density at radius 2 is 2.06 bits per heavy atom. The van der Waals surface area contributed by atoms with Crippen molar-refractivity contribution < 1.29 is 13.2 Å². The molecule has 2 heterocycles. The molecule has 0 atom stereocenters. The zero-order chi connectivity index (χ0) is 12.5. The zero-order valence-electron chi connectivity index (χ0n) is 8.71. The van der Waals surface area contributed by atoms with Crippen molar-refractivity contribution in [3.8, 4) is 0 Å². The van der Waals surface area contributed by atoms with Gasteiger partial charge in [0.2, 0.25) is 0 Å². The van der Waals surface area contributed by atoms with Crippen molar-refractivity contribution in [2.24, 2.45) is 0 Å². The Labute approximate surface area is 100 Å². The van der Waals surface area contributed by atoms with Crippen molar-refractivity contribution in [2.75, 3.05) is 0 Å². The van der Waals surface area contributed by atoms with Crippen molar-refractivity contribution in [3.05, 3.63) is 23.7 Å². The van der Waals surface area contributed by atoms with E-state index in [1.165, 1.54) is 6.33 Å². The molecule has 0 saturated carbocycles. The Balaban J connectivity index is 2.14. The van der Waals surface area contributed by atoms with Crippen molar-refractivity contribution >= 4 is 22.6 Å². The highest BCUT2D eigenvalue weighted by Gasteiger charge is 2.26. The van der Waals surface area contributed by atoms with Crippen LogP contribution in [0.3, 0.4) is 0 Å². The molecule has 2 aromatic heterocycles. The molecule has 0 N–H and O–H groups in total. The topological polar surface area (TPSA) is 30.7 Å². The van der Waals surface area contributed by atoms with Crippen LogP contribution in [0.2, 0.25) is 5.15 Å². The smallest absolute Gasteiger partial charge is 0.344 e. The molecule has 92 valence electrons. The molecule has 0 radical (unpaired) electrons. The summed E-state index contributed by atoms with van der Waals surface area (Å²) in [6.45, 7) is 0.246. The maximum absolute atomic E-state index is 12.0. The molecule has 0 saturated heterocycles. The van der Waals surface area contributed by atoms with Gasteiger partial charge in [-0.1, -0.05) is 11.6 Å². The molecule has 2 aromatic rings. The first kappa shape index (κ1) is 12.2. The average molecular weight is 264 g/mol. The lowest BCUT2D eigenvalue weighted by Gasteiger charge is -2.08. The van der Waals surface area contributed by atoms with Crippen molar-refractivity contribution in [1.29, 1.82) is 0 Å². The maximum Gasteiger partial charge on any atom is 0.389 e. The van der Waals surface area contributed by atoms with Crippen LogP contribution in [-0.2, 0) is 6.54 Å². The molecule has 0 amide bonds. The van der Waals surface area contributed by atoms with E-state index in [-0.39, 0.29) is 18.1 Å². The second-order valence-corrected chi connectivity index (χ2v) is 3.98. The first-order chi connectivity index (χ1) is 7.97. The van der Waals surface area contributed by atoms with Crippen LogP contribution in [0.25, 0.3) is 11.0 Å². The number of halogens is 4. The van der Waals surface area contributed by atoms with Crippen LogP contribution in [0.1, 0.15) is 12.8 Å². The third-order valence-corrected chi connectivity index (χ3v) is 2.64. The van der Waals surface area contributed by atoms with Gasteiger partial charge in [-0.25, -0.2) is 9.97 Å². The number of hydrogen-bond donors (Lipinski definition) is 0. The van der Waals surface area contributed by atoms with Gasteiger partial charge in [-0.3, -0.25) is 0 Å². The van der Waals surface area contributed by atoms with Gasteiger partial charge in [-0.05, 0) is 12.5 Å². The van der Waals surface area contributed by atoms with Crippen molar-refractivity contribution in [3.63, 3.8) is 0 Å². The largest absolute Gasteiger partial charge is 0.389 e. The highest BCUT2D eigenvalue weighted by atomic mass is 35.5. The number of rotatable bonds is 3. The normalized spacial score (nSPS) is 12.2. The van der Waals surface area contributed by atoms with Crippen LogP contribution in [0.15, 0.2) is 18.6 Å². The molecule has 2 rings (SSSR count). The fraction of sp³-hybridized carbons (Fsp3) is 0.400. The zero-order valence-corrected chi connectivity index (χ0v) is 9.46. The van der Waals surface area contributed by atoms with Crippen LogP contribution >= 0.6 is 11.6 Å². The maximum atomic E-state index is 12.0. The van der Waals surface area contributed by atoms with E-state index in [2.05, 4.69) is 9.97 Å². The molecule has 7 heteroatoms. The average Bonchev–Trinajstić information content (AvgIpc) is 2.61. The fourth-order valence-corrected chi connectivity index (χ4v) is 1.88. The number of aromatic nitrogens is 3. The van der Waals surface area contributed by atoms with Crippen molar-refractivity contribution in [2.45, 2.75) is 25.6 Å². The third-order valence-electron chi connectivity index (χ3n) is 2.36. The number of hydrogen-bond acceptors (Lipinski definition) is 2. The first-order valence-electron chi connectivity index (χ1n) is 4.99. The minimum Gasteiger partial charge on any atom is -0.344 e. The summed E-state index contributed by atoms with van der Waals surface area (Å²) in [6, 6.07) is 1.70. The molecule has 0 aliphatic heterocycles. The standard InChI is InChI=1S/C10H9ClF3N3/c11-9-8-7(15-6-16-9)2-5-17(8)4-1-3-10(12,13)14/h2,5-6H,1,3-4H2. The Morgan fingerprint density at radius 3 is 2.76 bits per heavy atom. The molecular weight excluding hydrogens is 255 g/mol. The summed E-state index contributed by atoms with van der Waals surface area (Å²) in [5.41, 5.74) is 1.22. The summed E-state index contributed by atoms with van der Waals surface area (Å²) in [5.74, 6) is 0. The van der Waals surface area contributed by atoms with Gasteiger partial charge in [0, 0.05) is 19.2 Å². The Hall–Kier alpha value is -1.30. The van der Waals surface area contributed by atoms with Crippen LogP contribution in [0.5, 0.6) is 0 Å². The van der Waals surface area contributed by atoms with Crippen LogP contribution < -0.4 is 0 Å². The minimum absolute atomic E-state index is 0.0124. The summed E-state index contributed by atoms with van der Waals surface area (Å²) in [7, 11) is 0. The number of aryl methyl sites for hydroxylation is 1. The van der Waals surface area contributed by atoms with E-state index >= 15 is 0 Å². The first-order valence-corrected chi connectivity index (χ1v) is 5.37. The molecule has 0 fully saturated rings. The van der Waals surface area contributed by atoms with E-state index < -0.39 is 12.6 Å². The Kier molecular flexibility index (Phi) is 3.24. The molecule has 0 bridgehead atoms. The van der Waals surface area contributed by atoms with Gasteiger partial charge in [0.15, 0.2) is 5.15 Å². The monoisotopic (exact) mass is 263 g/mol. The molecule has 0 spiro atoms. The lowest BCUT2D eigenvalue weighted by atomic mass is 10.3. The summed E-state index contributed by atoms with van der Waals surface area (Å²) in [5, 5.41) is 0.256. The lowest BCUT2D eigenvalue weighted by Crippen LogP contribution is -2.09. The van der Waals surface area contributed by atoms with Gasteiger partial charge in [-0.15, -0.1) is 0 Å². The van der Waals surface area contributed by atoms with E-state index in [0.717, 1.165) is 0 Å². The molecule has 0 unspecified atom stereocenters. The Morgan fingerprint density at radius 1 is 1.29 bits per heavy atom. The van der Waals surface area contributed by atoms with E-state index in [0.29, 0.717) is 11.0 Å². The predicted octanol–water partition coefficient (Wildman–Crippen LogP) is 3.43. The molecule has 17 heavy (non-hydrogen) atoms. The van der Waals surface area contributed by atoms with E-state index in [1.807, 2.05) is 0 Å². The van der Waals surface area contributed by atoms with Gasteiger partial charge in [-0.2, -0.15) is 13.2 Å². The van der Waals surface area contributed by atoms with E-state index in [1.54, 1.807) is 16.8 Å². The number of fused-ring (bicyclic) bond motifs is 1. The number of nitrogens with zero attached hydrogens (tertiary/aromatic N) is 3. The fourth-order valence-electron chi connectivity index (χ4n) is 1.63. The molecular formula is C10H9ClF3N3. The third kappa shape index (κ3) is 2.88. The number of alkyl halides is 3. The minimum atomic E-state index is -4.12. The van der Waals surface area contributed by atoms with E-state index in [4.69, 9.17) is 11.6 Å².